The van der Waals surface area contributed by atoms with Crippen LogP contribution in [-0.2, 0) is 24.3 Å². The van der Waals surface area contributed by atoms with Crippen LogP contribution in [0.4, 0.5) is 5.82 Å². The standard InChI is InChI=1S/C29H29N5O2S/c1-18(2)24-7-5-6-8-25(24)27-30-14-22-13-26(35)34(28(22)32-27)15-20-9-11-21(12-10-20)29(36)33(4)16-23-17-37-19(3)31-23/h5-12,14,17-18H,13,15-16H2,1-4H3. The van der Waals surface area contributed by atoms with Crippen LogP contribution in [0.5, 0.6) is 0 Å². The lowest BCUT2D eigenvalue weighted by atomic mass is 9.97. The zero-order valence-corrected chi connectivity index (χ0v) is 22.2. The molecule has 4 aromatic rings. The SMILES string of the molecule is Cc1nc(CN(C)C(=O)c2ccc(CN3C(=O)Cc4cnc(-c5ccccc5C(C)C)nc43)cc2)cs1. The van der Waals surface area contributed by atoms with Gasteiger partial charge in [-0.25, -0.2) is 15.0 Å². The lowest BCUT2D eigenvalue weighted by molar-refractivity contribution is -0.117. The van der Waals surface area contributed by atoms with Gasteiger partial charge < -0.3 is 4.90 Å². The number of amides is 2. The molecule has 0 atom stereocenters. The maximum atomic E-state index is 12.9. The zero-order valence-electron chi connectivity index (χ0n) is 21.4. The van der Waals surface area contributed by atoms with Crippen LogP contribution >= 0.6 is 11.3 Å². The van der Waals surface area contributed by atoms with Crippen molar-refractivity contribution in [2.24, 2.45) is 0 Å². The van der Waals surface area contributed by atoms with Gasteiger partial charge in [0.05, 0.1) is 30.2 Å². The highest BCUT2D eigenvalue weighted by molar-refractivity contribution is 7.09. The quantitative estimate of drug-likeness (QED) is 0.332. The van der Waals surface area contributed by atoms with Gasteiger partial charge in [0.25, 0.3) is 5.91 Å². The van der Waals surface area contributed by atoms with E-state index in [4.69, 9.17) is 4.98 Å². The van der Waals surface area contributed by atoms with Crippen molar-refractivity contribution in [3.63, 3.8) is 0 Å². The number of aromatic nitrogens is 3. The van der Waals surface area contributed by atoms with Crippen LogP contribution in [-0.4, -0.2) is 38.7 Å². The van der Waals surface area contributed by atoms with E-state index in [1.165, 1.54) is 5.56 Å². The summed E-state index contributed by atoms with van der Waals surface area (Å²) in [4.78, 5) is 43.0. The Morgan fingerprint density at radius 2 is 1.86 bits per heavy atom. The molecule has 3 heterocycles. The molecule has 0 spiro atoms. The summed E-state index contributed by atoms with van der Waals surface area (Å²) < 4.78 is 0. The van der Waals surface area contributed by atoms with Crippen molar-refractivity contribution < 1.29 is 9.59 Å². The average Bonchev–Trinajstić information content (AvgIpc) is 3.45. The molecule has 188 valence electrons. The van der Waals surface area contributed by atoms with Gasteiger partial charge >= 0.3 is 0 Å². The molecule has 37 heavy (non-hydrogen) atoms. The summed E-state index contributed by atoms with van der Waals surface area (Å²) in [6.45, 7) is 7.10. The lowest BCUT2D eigenvalue weighted by Gasteiger charge is -2.19. The molecule has 0 fully saturated rings. The molecule has 0 bridgehead atoms. The first-order valence-electron chi connectivity index (χ1n) is 12.3. The largest absolute Gasteiger partial charge is 0.336 e. The monoisotopic (exact) mass is 511 g/mol. The van der Waals surface area contributed by atoms with Gasteiger partial charge in [-0.15, -0.1) is 11.3 Å². The Morgan fingerprint density at radius 1 is 1.11 bits per heavy atom. The van der Waals surface area contributed by atoms with Crippen molar-refractivity contribution in [1.82, 2.24) is 19.9 Å². The van der Waals surface area contributed by atoms with Gasteiger partial charge in [0.15, 0.2) is 5.82 Å². The van der Waals surface area contributed by atoms with Crippen molar-refractivity contribution in [3.8, 4) is 11.4 Å². The molecule has 2 aromatic carbocycles. The summed E-state index contributed by atoms with van der Waals surface area (Å²) in [5.41, 5.74) is 5.41. The van der Waals surface area contributed by atoms with Gasteiger partial charge in [0.1, 0.15) is 5.82 Å². The van der Waals surface area contributed by atoms with Crippen molar-refractivity contribution in [2.75, 3.05) is 11.9 Å². The number of anilines is 1. The molecule has 2 aromatic heterocycles. The highest BCUT2D eigenvalue weighted by Gasteiger charge is 2.30. The fourth-order valence-corrected chi connectivity index (χ4v) is 5.18. The van der Waals surface area contributed by atoms with Crippen LogP contribution in [0.1, 0.15) is 57.5 Å². The number of aryl methyl sites for hydroxylation is 1. The average molecular weight is 512 g/mol. The van der Waals surface area contributed by atoms with Crippen molar-refractivity contribution in [2.45, 2.75) is 46.2 Å². The molecule has 0 radical (unpaired) electrons. The summed E-state index contributed by atoms with van der Waals surface area (Å²) in [5, 5.41) is 2.96. The Kier molecular flexibility index (Phi) is 6.84. The van der Waals surface area contributed by atoms with Crippen molar-refractivity contribution in [1.29, 1.82) is 0 Å². The number of carbonyl (C=O) groups excluding carboxylic acids is 2. The van der Waals surface area contributed by atoms with Gasteiger partial charge in [0.2, 0.25) is 5.91 Å². The third-order valence-corrected chi connectivity index (χ3v) is 7.34. The molecule has 0 saturated heterocycles. The Hall–Kier alpha value is -3.91. The first kappa shape index (κ1) is 24.8. The number of rotatable bonds is 7. The number of benzene rings is 2. The third-order valence-electron chi connectivity index (χ3n) is 6.52. The molecule has 0 N–H and O–H groups in total. The van der Waals surface area contributed by atoms with Gasteiger partial charge in [0, 0.05) is 35.3 Å². The molecule has 0 saturated carbocycles. The van der Waals surface area contributed by atoms with E-state index in [-0.39, 0.29) is 11.8 Å². The van der Waals surface area contributed by atoms with E-state index in [9.17, 15) is 9.59 Å². The Bertz CT molecular complexity index is 1460. The second-order valence-corrected chi connectivity index (χ2v) is 10.7. The van der Waals surface area contributed by atoms with Crippen LogP contribution in [0.25, 0.3) is 11.4 Å². The second kappa shape index (κ2) is 10.2. The Balaban J connectivity index is 1.33. The van der Waals surface area contributed by atoms with Crippen LogP contribution < -0.4 is 4.90 Å². The number of nitrogens with zero attached hydrogens (tertiary/aromatic N) is 5. The molecular formula is C29H29N5O2S. The van der Waals surface area contributed by atoms with Gasteiger partial charge in [-0.05, 0) is 36.1 Å². The van der Waals surface area contributed by atoms with E-state index >= 15 is 0 Å². The smallest absolute Gasteiger partial charge is 0.253 e. The third kappa shape index (κ3) is 5.15. The topological polar surface area (TPSA) is 79.3 Å². The minimum atomic E-state index is -0.0685. The van der Waals surface area contributed by atoms with Crippen LogP contribution in [0.2, 0.25) is 0 Å². The molecule has 5 rings (SSSR count). The summed E-state index contributed by atoms with van der Waals surface area (Å²) in [7, 11) is 1.78. The Labute approximate surface area is 220 Å². The molecular weight excluding hydrogens is 482 g/mol. The summed E-state index contributed by atoms with van der Waals surface area (Å²) in [6, 6.07) is 15.6. The lowest BCUT2D eigenvalue weighted by Crippen LogP contribution is -2.27. The van der Waals surface area contributed by atoms with E-state index < -0.39 is 0 Å². The van der Waals surface area contributed by atoms with Crippen LogP contribution in [0.15, 0.2) is 60.1 Å². The fraction of sp³-hybridized carbons (Fsp3) is 0.276. The minimum absolute atomic E-state index is 0.00274. The summed E-state index contributed by atoms with van der Waals surface area (Å²) in [6.07, 6.45) is 2.06. The predicted octanol–water partition coefficient (Wildman–Crippen LogP) is 5.39. The van der Waals surface area contributed by atoms with Crippen molar-refractivity contribution >= 4 is 29.0 Å². The van der Waals surface area contributed by atoms with Crippen LogP contribution in [0.3, 0.4) is 0 Å². The first-order chi connectivity index (χ1) is 17.8. The molecule has 2 amide bonds. The molecule has 7 nitrogen and oxygen atoms in total. The number of carbonyl (C=O) groups is 2. The van der Waals surface area contributed by atoms with E-state index in [1.807, 2.05) is 54.8 Å². The van der Waals surface area contributed by atoms with E-state index in [0.717, 1.165) is 27.4 Å². The highest BCUT2D eigenvalue weighted by Crippen LogP contribution is 2.32. The van der Waals surface area contributed by atoms with Crippen LogP contribution in [0, 0.1) is 6.92 Å². The highest BCUT2D eigenvalue weighted by atomic mass is 32.1. The number of fused-ring (bicyclic) bond motifs is 1. The Morgan fingerprint density at radius 3 is 2.57 bits per heavy atom. The van der Waals surface area contributed by atoms with E-state index in [2.05, 4.69) is 29.9 Å². The normalized spacial score (nSPS) is 12.8. The zero-order chi connectivity index (χ0) is 26.1. The summed E-state index contributed by atoms with van der Waals surface area (Å²) >= 11 is 1.58. The number of hydrogen-bond donors (Lipinski definition) is 0. The molecule has 1 aliphatic rings. The van der Waals surface area contributed by atoms with E-state index in [0.29, 0.717) is 42.6 Å². The molecule has 0 unspecified atom stereocenters. The minimum Gasteiger partial charge on any atom is -0.336 e. The predicted molar refractivity (Wildman–Crippen MR) is 146 cm³/mol. The maximum Gasteiger partial charge on any atom is 0.253 e. The molecule has 1 aliphatic heterocycles. The second-order valence-electron chi connectivity index (χ2n) is 9.66. The number of hydrogen-bond acceptors (Lipinski definition) is 6. The van der Waals surface area contributed by atoms with Crippen molar-refractivity contribution in [3.05, 3.63) is 93.1 Å². The fourth-order valence-electron chi connectivity index (χ4n) is 4.58. The summed E-state index contributed by atoms with van der Waals surface area (Å²) in [5.74, 6) is 1.55. The molecule has 0 aliphatic carbocycles. The van der Waals surface area contributed by atoms with Gasteiger partial charge in [-0.2, -0.15) is 0 Å². The number of thiazole rings is 1. The van der Waals surface area contributed by atoms with E-state index in [1.54, 1.807) is 34.4 Å². The molecule has 8 heteroatoms. The van der Waals surface area contributed by atoms with Gasteiger partial charge in [-0.1, -0.05) is 50.2 Å². The van der Waals surface area contributed by atoms with Gasteiger partial charge in [-0.3, -0.25) is 14.5 Å². The maximum absolute atomic E-state index is 12.9. The first-order valence-corrected chi connectivity index (χ1v) is 13.2.